The Hall–Kier alpha value is -1.33. The SMILES string of the molecule is C=CCSCC(=O)Nc1cc(Cl)c(OC)cc1OC. The zero-order chi connectivity index (χ0) is 14.3. The van der Waals surface area contributed by atoms with Crippen LogP contribution < -0.4 is 14.8 Å². The minimum atomic E-state index is -0.119. The van der Waals surface area contributed by atoms with Crippen LogP contribution in [0.5, 0.6) is 11.5 Å². The Labute approximate surface area is 122 Å². The maximum absolute atomic E-state index is 11.7. The van der Waals surface area contributed by atoms with E-state index in [0.717, 1.165) is 5.75 Å². The van der Waals surface area contributed by atoms with E-state index in [0.29, 0.717) is 28.0 Å². The van der Waals surface area contributed by atoms with Crippen molar-refractivity contribution < 1.29 is 14.3 Å². The number of carbonyl (C=O) groups is 1. The summed E-state index contributed by atoms with van der Waals surface area (Å²) in [6.07, 6.45) is 1.75. The number of anilines is 1. The molecule has 0 radical (unpaired) electrons. The second-order valence-electron chi connectivity index (χ2n) is 3.54. The van der Waals surface area contributed by atoms with Crippen LogP contribution in [0.1, 0.15) is 0 Å². The number of amides is 1. The summed E-state index contributed by atoms with van der Waals surface area (Å²) >= 11 is 7.50. The third-order valence-electron chi connectivity index (χ3n) is 2.22. The molecule has 1 N–H and O–H groups in total. The number of thioether (sulfide) groups is 1. The Morgan fingerprint density at radius 3 is 2.68 bits per heavy atom. The van der Waals surface area contributed by atoms with E-state index < -0.39 is 0 Å². The monoisotopic (exact) mass is 301 g/mol. The molecule has 1 amide bonds. The summed E-state index contributed by atoms with van der Waals surface area (Å²) < 4.78 is 10.3. The van der Waals surface area contributed by atoms with E-state index in [-0.39, 0.29) is 5.91 Å². The van der Waals surface area contributed by atoms with Crippen LogP contribution in [-0.2, 0) is 4.79 Å². The lowest BCUT2D eigenvalue weighted by molar-refractivity contribution is -0.113. The molecule has 0 saturated heterocycles. The van der Waals surface area contributed by atoms with Crippen molar-refractivity contribution >= 4 is 35.0 Å². The molecule has 6 heteroatoms. The summed E-state index contributed by atoms with van der Waals surface area (Å²) in [4.78, 5) is 11.7. The molecular formula is C13H16ClNO3S. The molecule has 0 aliphatic carbocycles. The van der Waals surface area contributed by atoms with E-state index in [1.54, 1.807) is 18.2 Å². The van der Waals surface area contributed by atoms with Gasteiger partial charge in [-0.15, -0.1) is 18.3 Å². The molecule has 0 fully saturated rings. The predicted molar refractivity (Wildman–Crippen MR) is 80.7 cm³/mol. The van der Waals surface area contributed by atoms with Crippen molar-refractivity contribution in [2.24, 2.45) is 0 Å². The van der Waals surface area contributed by atoms with Gasteiger partial charge in [0, 0.05) is 11.8 Å². The van der Waals surface area contributed by atoms with Crippen LogP contribution in [0.2, 0.25) is 5.02 Å². The van der Waals surface area contributed by atoms with Gasteiger partial charge in [-0.3, -0.25) is 4.79 Å². The summed E-state index contributed by atoms with van der Waals surface area (Å²) in [5.74, 6) is 1.96. The quantitative estimate of drug-likeness (QED) is 0.620. The van der Waals surface area contributed by atoms with Crippen molar-refractivity contribution in [2.45, 2.75) is 0 Å². The van der Waals surface area contributed by atoms with Gasteiger partial charge in [0.1, 0.15) is 11.5 Å². The molecule has 19 heavy (non-hydrogen) atoms. The average molecular weight is 302 g/mol. The number of nitrogens with one attached hydrogen (secondary N) is 1. The number of carbonyl (C=O) groups excluding carboxylic acids is 1. The molecule has 0 saturated carbocycles. The van der Waals surface area contributed by atoms with Gasteiger partial charge in [0.2, 0.25) is 5.91 Å². The fraction of sp³-hybridized carbons (Fsp3) is 0.308. The van der Waals surface area contributed by atoms with E-state index in [9.17, 15) is 4.79 Å². The lowest BCUT2D eigenvalue weighted by atomic mass is 10.2. The minimum Gasteiger partial charge on any atom is -0.495 e. The third-order valence-corrected chi connectivity index (χ3v) is 3.45. The fourth-order valence-corrected chi connectivity index (χ4v) is 2.16. The summed E-state index contributed by atoms with van der Waals surface area (Å²) in [7, 11) is 3.04. The molecule has 104 valence electrons. The number of benzene rings is 1. The summed E-state index contributed by atoms with van der Waals surface area (Å²) in [6.45, 7) is 3.60. The Balaban J connectivity index is 2.79. The van der Waals surface area contributed by atoms with Crippen LogP contribution in [0, 0.1) is 0 Å². The number of hydrogen-bond acceptors (Lipinski definition) is 4. The highest BCUT2D eigenvalue weighted by Gasteiger charge is 2.12. The van der Waals surface area contributed by atoms with Gasteiger partial charge in [-0.2, -0.15) is 0 Å². The molecule has 0 atom stereocenters. The summed E-state index contributed by atoms with van der Waals surface area (Å²) in [5, 5.41) is 3.17. The summed E-state index contributed by atoms with van der Waals surface area (Å²) in [6, 6.07) is 3.24. The fourth-order valence-electron chi connectivity index (χ4n) is 1.38. The Morgan fingerprint density at radius 2 is 2.11 bits per heavy atom. The maximum Gasteiger partial charge on any atom is 0.234 e. The van der Waals surface area contributed by atoms with E-state index in [4.69, 9.17) is 21.1 Å². The highest BCUT2D eigenvalue weighted by molar-refractivity contribution is 8.00. The van der Waals surface area contributed by atoms with Crippen molar-refractivity contribution in [1.29, 1.82) is 0 Å². The van der Waals surface area contributed by atoms with E-state index >= 15 is 0 Å². The number of ether oxygens (including phenoxy) is 2. The zero-order valence-corrected chi connectivity index (χ0v) is 12.4. The molecule has 0 aliphatic rings. The lowest BCUT2D eigenvalue weighted by Gasteiger charge is -2.12. The number of hydrogen-bond donors (Lipinski definition) is 1. The molecular weight excluding hydrogens is 286 g/mol. The van der Waals surface area contributed by atoms with Crippen LogP contribution in [0.25, 0.3) is 0 Å². The van der Waals surface area contributed by atoms with Crippen molar-refractivity contribution in [3.05, 3.63) is 29.8 Å². The number of halogens is 1. The van der Waals surface area contributed by atoms with Crippen LogP contribution in [0.3, 0.4) is 0 Å². The highest BCUT2D eigenvalue weighted by Crippen LogP contribution is 2.35. The lowest BCUT2D eigenvalue weighted by Crippen LogP contribution is -2.15. The van der Waals surface area contributed by atoms with Gasteiger partial charge in [-0.25, -0.2) is 0 Å². The molecule has 1 aromatic rings. The van der Waals surface area contributed by atoms with E-state index in [1.807, 2.05) is 0 Å². The number of methoxy groups -OCH3 is 2. The first-order chi connectivity index (χ1) is 9.12. The molecule has 0 bridgehead atoms. The Morgan fingerprint density at radius 1 is 1.42 bits per heavy atom. The molecule has 0 spiro atoms. The highest BCUT2D eigenvalue weighted by atomic mass is 35.5. The molecule has 4 nitrogen and oxygen atoms in total. The maximum atomic E-state index is 11.7. The first-order valence-electron chi connectivity index (χ1n) is 5.52. The standard InChI is InChI=1S/C13H16ClNO3S/c1-4-5-19-8-13(16)15-10-6-9(14)11(17-2)7-12(10)18-3/h4,6-7H,1,5,8H2,2-3H3,(H,15,16). The van der Waals surface area contributed by atoms with Crippen LogP contribution in [0.4, 0.5) is 5.69 Å². The van der Waals surface area contributed by atoms with Crippen molar-refractivity contribution in [2.75, 3.05) is 31.0 Å². The number of rotatable bonds is 7. The van der Waals surface area contributed by atoms with Gasteiger partial charge in [0.05, 0.1) is 30.7 Å². The first-order valence-corrected chi connectivity index (χ1v) is 7.05. The first kappa shape index (κ1) is 15.7. The van der Waals surface area contributed by atoms with Crippen molar-refractivity contribution in [1.82, 2.24) is 0 Å². The second-order valence-corrected chi connectivity index (χ2v) is 4.98. The largest absolute Gasteiger partial charge is 0.495 e. The molecule has 0 aliphatic heterocycles. The smallest absolute Gasteiger partial charge is 0.234 e. The van der Waals surface area contributed by atoms with Gasteiger partial charge < -0.3 is 14.8 Å². The van der Waals surface area contributed by atoms with Gasteiger partial charge in [-0.05, 0) is 6.07 Å². The van der Waals surface area contributed by atoms with Gasteiger partial charge in [0.25, 0.3) is 0 Å². The van der Waals surface area contributed by atoms with Crippen molar-refractivity contribution in [3.8, 4) is 11.5 Å². The van der Waals surface area contributed by atoms with Gasteiger partial charge >= 0.3 is 0 Å². The van der Waals surface area contributed by atoms with Crippen molar-refractivity contribution in [3.63, 3.8) is 0 Å². The third kappa shape index (κ3) is 4.69. The zero-order valence-electron chi connectivity index (χ0n) is 10.9. The van der Waals surface area contributed by atoms with E-state index in [1.165, 1.54) is 26.0 Å². The van der Waals surface area contributed by atoms with Crippen LogP contribution in [-0.4, -0.2) is 31.6 Å². The topological polar surface area (TPSA) is 47.6 Å². The predicted octanol–water partition coefficient (Wildman–Crippen LogP) is 3.21. The van der Waals surface area contributed by atoms with Gasteiger partial charge in [-0.1, -0.05) is 17.7 Å². The average Bonchev–Trinajstić information content (AvgIpc) is 2.39. The minimum absolute atomic E-state index is 0.119. The second kappa shape index (κ2) is 7.96. The Bertz CT molecular complexity index is 465. The summed E-state index contributed by atoms with van der Waals surface area (Å²) in [5.41, 5.74) is 0.525. The normalized spacial score (nSPS) is 9.84. The molecule has 0 heterocycles. The Kier molecular flexibility index (Phi) is 6.59. The van der Waals surface area contributed by atoms with E-state index in [2.05, 4.69) is 11.9 Å². The molecule has 0 aromatic heterocycles. The van der Waals surface area contributed by atoms with Crippen LogP contribution in [0.15, 0.2) is 24.8 Å². The molecule has 0 unspecified atom stereocenters. The molecule has 1 aromatic carbocycles. The van der Waals surface area contributed by atoms with Gasteiger partial charge in [0.15, 0.2) is 0 Å². The molecule has 1 rings (SSSR count). The van der Waals surface area contributed by atoms with Crippen LogP contribution >= 0.6 is 23.4 Å².